The lowest BCUT2D eigenvalue weighted by Crippen LogP contribution is -2.49. The highest BCUT2D eigenvalue weighted by Gasteiger charge is 2.25. The number of hydrogen-bond donors (Lipinski definition) is 2. The molecule has 0 aliphatic rings. The number of hydrogen-bond acceptors (Lipinski definition) is 5. The summed E-state index contributed by atoms with van der Waals surface area (Å²) < 4.78 is 5.66. The summed E-state index contributed by atoms with van der Waals surface area (Å²) in [5.74, 6) is -0.336. The van der Waals surface area contributed by atoms with Gasteiger partial charge in [0.25, 0.3) is 11.8 Å². The van der Waals surface area contributed by atoms with Gasteiger partial charge in [-0.25, -0.2) is 5.43 Å². The summed E-state index contributed by atoms with van der Waals surface area (Å²) >= 11 is 12.0. The van der Waals surface area contributed by atoms with Gasteiger partial charge in [0.15, 0.2) is 6.10 Å². The molecule has 2 N–H and O–H groups in total. The molecule has 0 aliphatic heterocycles. The van der Waals surface area contributed by atoms with Gasteiger partial charge in [-0.2, -0.15) is 5.10 Å². The minimum atomic E-state index is -0.871. The van der Waals surface area contributed by atoms with Gasteiger partial charge in [-0.3, -0.25) is 9.59 Å². The summed E-state index contributed by atoms with van der Waals surface area (Å²) in [6, 6.07) is 11.9. The van der Waals surface area contributed by atoms with Crippen molar-refractivity contribution in [2.45, 2.75) is 53.2 Å². The number of halogens is 2. The van der Waals surface area contributed by atoms with Gasteiger partial charge < -0.3 is 15.0 Å². The lowest BCUT2D eigenvalue weighted by atomic mass is 10.0. The molecule has 0 aromatic heterocycles. The molecule has 2 aromatic carbocycles. The van der Waals surface area contributed by atoms with Crippen LogP contribution in [-0.2, 0) is 9.59 Å². The first-order valence-corrected chi connectivity index (χ1v) is 12.5. The molecule has 2 rings (SSSR count). The van der Waals surface area contributed by atoms with Crippen LogP contribution < -0.4 is 20.4 Å². The molecule has 9 heteroatoms. The van der Waals surface area contributed by atoms with E-state index < -0.39 is 24.0 Å². The van der Waals surface area contributed by atoms with E-state index in [1.807, 2.05) is 38.1 Å². The highest BCUT2D eigenvalue weighted by molar-refractivity contribution is 6.35. The molecular weight excluding hydrogens is 487 g/mol. The number of amides is 2. The average molecular weight is 521 g/mol. The van der Waals surface area contributed by atoms with Crippen molar-refractivity contribution in [2.24, 2.45) is 11.0 Å². The molecule has 2 amide bonds. The van der Waals surface area contributed by atoms with E-state index in [1.54, 1.807) is 25.3 Å². The Morgan fingerprint density at radius 2 is 1.69 bits per heavy atom. The van der Waals surface area contributed by atoms with Crippen molar-refractivity contribution in [3.8, 4) is 5.75 Å². The SMILES string of the molecule is CCN(CC)c1ccc(/C=N\NC(=O)[C@@H](CC(C)C)NC(=O)[C@@H](C)Oc2ccc(Cl)cc2Cl)cc1. The van der Waals surface area contributed by atoms with Gasteiger partial charge in [-0.1, -0.05) is 49.2 Å². The maximum atomic E-state index is 12.8. The molecular formula is C26H34Cl2N4O3. The van der Waals surface area contributed by atoms with Gasteiger partial charge in [-0.15, -0.1) is 0 Å². The number of carbonyl (C=O) groups is 2. The third-order valence-electron chi connectivity index (χ3n) is 5.32. The largest absolute Gasteiger partial charge is 0.479 e. The van der Waals surface area contributed by atoms with Crippen molar-refractivity contribution in [3.05, 3.63) is 58.1 Å². The van der Waals surface area contributed by atoms with Crippen molar-refractivity contribution in [1.82, 2.24) is 10.7 Å². The molecule has 0 radical (unpaired) electrons. The van der Waals surface area contributed by atoms with E-state index in [0.29, 0.717) is 22.2 Å². The number of nitrogens with zero attached hydrogens (tertiary/aromatic N) is 2. The molecule has 190 valence electrons. The summed E-state index contributed by atoms with van der Waals surface area (Å²) in [6.45, 7) is 11.6. The Bertz CT molecular complexity index is 1010. The van der Waals surface area contributed by atoms with Gasteiger partial charge >= 0.3 is 0 Å². The second kappa shape index (κ2) is 14.0. The Balaban J connectivity index is 1.98. The molecule has 0 fully saturated rings. The number of rotatable bonds is 12. The first-order valence-electron chi connectivity index (χ1n) is 11.7. The monoisotopic (exact) mass is 520 g/mol. The Labute approximate surface area is 217 Å². The van der Waals surface area contributed by atoms with Gasteiger partial charge in [-0.05, 0) is 69.0 Å². The minimum absolute atomic E-state index is 0.171. The number of nitrogens with one attached hydrogen (secondary N) is 2. The van der Waals surface area contributed by atoms with Crippen LogP contribution in [-0.4, -0.2) is 43.3 Å². The summed E-state index contributed by atoms with van der Waals surface area (Å²) in [7, 11) is 0. The predicted octanol–water partition coefficient (Wildman–Crippen LogP) is 5.29. The third-order valence-corrected chi connectivity index (χ3v) is 5.85. The summed E-state index contributed by atoms with van der Waals surface area (Å²) in [4.78, 5) is 27.7. The Morgan fingerprint density at radius 3 is 2.26 bits per heavy atom. The summed E-state index contributed by atoms with van der Waals surface area (Å²) in [6.07, 6.45) is 1.15. The van der Waals surface area contributed by atoms with Crippen LogP contribution in [0, 0.1) is 5.92 Å². The zero-order chi connectivity index (χ0) is 26.0. The lowest BCUT2D eigenvalue weighted by molar-refractivity contribution is -0.132. The number of anilines is 1. The molecule has 7 nitrogen and oxygen atoms in total. The Kier molecular flexibility index (Phi) is 11.3. The molecule has 0 saturated carbocycles. The molecule has 0 saturated heterocycles. The highest BCUT2D eigenvalue weighted by Crippen LogP contribution is 2.28. The van der Waals surface area contributed by atoms with Crippen molar-refractivity contribution >= 4 is 46.9 Å². The lowest BCUT2D eigenvalue weighted by Gasteiger charge is -2.22. The van der Waals surface area contributed by atoms with E-state index in [9.17, 15) is 9.59 Å². The van der Waals surface area contributed by atoms with Crippen LogP contribution in [0.2, 0.25) is 10.0 Å². The van der Waals surface area contributed by atoms with Crippen LogP contribution in [0.5, 0.6) is 5.75 Å². The van der Waals surface area contributed by atoms with Gasteiger partial charge in [0.05, 0.1) is 11.2 Å². The smallest absolute Gasteiger partial charge is 0.262 e. The topological polar surface area (TPSA) is 83.0 Å². The fraction of sp³-hybridized carbons (Fsp3) is 0.423. The zero-order valence-corrected chi connectivity index (χ0v) is 22.4. The van der Waals surface area contributed by atoms with E-state index in [2.05, 4.69) is 34.6 Å². The van der Waals surface area contributed by atoms with Crippen molar-refractivity contribution in [1.29, 1.82) is 0 Å². The van der Waals surface area contributed by atoms with Crippen LogP contribution in [0.25, 0.3) is 0 Å². The van der Waals surface area contributed by atoms with Gasteiger partial charge in [0.2, 0.25) is 0 Å². The highest BCUT2D eigenvalue weighted by atomic mass is 35.5. The summed E-state index contributed by atoms with van der Waals surface area (Å²) in [5.41, 5.74) is 4.52. The Hall–Kier alpha value is -2.77. The van der Waals surface area contributed by atoms with Crippen molar-refractivity contribution in [3.63, 3.8) is 0 Å². The third kappa shape index (κ3) is 9.07. The first kappa shape index (κ1) is 28.5. The molecule has 2 aromatic rings. The van der Waals surface area contributed by atoms with Crippen LogP contribution in [0.1, 0.15) is 46.6 Å². The van der Waals surface area contributed by atoms with E-state index in [0.717, 1.165) is 24.3 Å². The standard InChI is InChI=1S/C26H34Cl2N4O3/c1-6-32(7-2)21-11-8-19(9-12-21)16-29-31-26(34)23(14-17(3)4)30-25(33)18(5)35-24-13-10-20(27)15-22(24)28/h8-13,15-18,23H,6-7,14H2,1-5H3,(H,30,33)(H,31,34)/b29-16-/t18-,23-/m1/s1. The molecule has 0 heterocycles. The minimum Gasteiger partial charge on any atom is -0.479 e. The molecule has 0 spiro atoms. The van der Waals surface area contributed by atoms with Crippen LogP contribution in [0.15, 0.2) is 47.6 Å². The van der Waals surface area contributed by atoms with Gasteiger partial charge in [0.1, 0.15) is 11.8 Å². The van der Waals surface area contributed by atoms with E-state index in [1.165, 1.54) is 6.07 Å². The first-order chi connectivity index (χ1) is 16.6. The maximum Gasteiger partial charge on any atom is 0.262 e. The molecule has 0 unspecified atom stereocenters. The van der Waals surface area contributed by atoms with Crippen molar-refractivity contribution in [2.75, 3.05) is 18.0 Å². The van der Waals surface area contributed by atoms with Crippen LogP contribution in [0.3, 0.4) is 0 Å². The molecule has 2 atom stereocenters. The normalized spacial score (nSPS) is 12.9. The van der Waals surface area contributed by atoms with Crippen molar-refractivity contribution < 1.29 is 14.3 Å². The number of hydrazone groups is 1. The van der Waals surface area contributed by atoms with Crippen LogP contribution >= 0.6 is 23.2 Å². The van der Waals surface area contributed by atoms with Crippen LogP contribution in [0.4, 0.5) is 5.69 Å². The predicted molar refractivity (Wildman–Crippen MR) is 144 cm³/mol. The second-order valence-corrected chi connectivity index (χ2v) is 9.37. The average Bonchev–Trinajstić information content (AvgIpc) is 2.81. The fourth-order valence-corrected chi connectivity index (χ4v) is 3.87. The number of benzene rings is 2. The molecule has 0 aliphatic carbocycles. The molecule has 0 bridgehead atoms. The van der Waals surface area contributed by atoms with E-state index in [4.69, 9.17) is 27.9 Å². The number of ether oxygens (including phenoxy) is 1. The maximum absolute atomic E-state index is 12.8. The quantitative estimate of drug-likeness (QED) is 0.294. The Morgan fingerprint density at radius 1 is 1.03 bits per heavy atom. The fourth-order valence-electron chi connectivity index (χ4n) is 3.42. The van der Waals surface area contributed by atoms with Gasteiger partial charge in [0, 0.05) is 23.8 Å². The van der Waals surface area contributed by atoms with E-state index in [-0.39, 0.29) is 5.92 Å². The number of carbonyl (C=O) groups excluding carboxylic acids is 2. The van der Waals surface area contributed by atoms with E-state index >= 15 is 0 Å². The second-order valence-electron chi connectivity index (χ2n) is 8.52. The summed E-state index contributed by atoms with van der Waals surface area (Å²) in [5, 5.41) is 7.59. The molecule has 35 heavy (non-hydrogen) atoms. The zero-order valence-electron chi connectivity index (χ0n) is 20.8.